The topological polar surface area (TPSA) is 111 Å². The zero-order chi connectivity index (χ0) is 51.5. The molecular weight excluding hydrogens is 892 g/mol. The maximum Gasteiger partial charge on any atom is 0.472 e. The van der Waals surface area contributed by atoms with Gasteiger partial charge in [0.2, 0.25) is 5.91 Å². The molecule has 0 heterocycles. The van der Waals surface area contributed by atoms with Crippen molar-refractivity contribution < 1.29 is 37.3 Å². The number of carbonyl (C=O) groups excluding carboxylic acids is 2. The molecule has 0 saturated heterocycles. The van der Waals surface area contributed by atoms with Gasteiger partial charge in [0.25, 0.3) is 0 Å². The zero-order valence-electron chi connectivity index (χ0n) is 46.8. The second-order valence-corrected chi connectivity index (χ2v) is 22.6. The smallest absolute Gasteiger partial charge is 0.456 e. The van der Waals surface area contributed by atoms with Crippen LogP contribution in [0.5, 0.6) is 0 Å². The van der Waals surface area contributed by atoms with Crippen molar-refractivity contribution in [2.24, 2.45) is 0 Å². The molecule has 0 bridgehead atoms. The molecule has 0 aliphatic heterocycles. The molecule has 3 unspecified atom stereocenters. The summed E-state index contributed by atoms with van der Waals surface area (Å²) in [6.45, 7) is 6.98. The van der Waals surface area contributed by atoms with Gasteiger partial charge in [-0.3, -0.25) is 18.6 Å². The third kappa shape index (κ3) is 50.9. The monoisotopic (exact) mass is 1010 g/mol. The zero-order valence-corrected chi connectivity index (χ0v) is 47.7. The highest BCUT2D eigenvalue weighted by atomic mass is 31.2. The number of likely N-dealkylation sites (N-methyl/N-ethyl adjacent to an activating group) is 1. The minimum absolute atomic E-state index is 0.0374. The van der Waals surface area contributed by atoms with Crippen LogP contribution in [0.15, 0.2) is 48.6 Å². The molecule has 0 aromatic carbocycles. The number of phosphoric ester groups is 1. The lowest BCUT2D eigenvalue weighted by molar-refractivity contribution is -0.870. The lowest BCUT2D eigenvalue weighted by Gasteiger charge is -2.27. The van der Waals surface area contributed by atoms with E-state index in [9.17, 15) is 19.0 Å². The van der Waals surface area contributed by atoms with Crippen LogP contribution < -0.4 is 5.32 Å². The van der Waals surface area contributed by atoms with Crippen LogP contribution in [0.2, 0.25) is 0 Å². The summed E-state index contributed by atoms with van der Waals surface area (Å²) in [5.74, 6) is -0.519. The molecular formula is C60H114N2O7P+. The third-order valence-electron chi connectivity index (χ3n) is 13.0. The predicted octanol–water partition coefficient (Wildman–Crippen LogP) is 17.7. The molecule has 9 nitrogen and oxygen atoms in total. The molecule has 2 N–H and O–H groups in total. The van der Waals surface area contributed by atoms with E-state index in [1.54, 1.807) is 0 Å². The Balaban J connectivity index is 5.34. The molecule has 0 fully saturated rings. The molecule has 0 aromatic rings. The van der Waals surface area contributed by atoms with E-state index in [1.807, 2.05) is 33.3 Å². The molecule has 1 amide bonds. The van der Waals surface area contributed by atoms with E-state index in [4.69, 9.17) is 13.8 Å². The molecule has 0 saturated carbocycles. The van der Waals surface area contributed by atoms with Crippen LogP contribution in [0.3, 0.4) is 0 Å². The summed E-state index contributed by atoms with van der Waals surface area (Å²) in [6, 6.07) is -0.853. The molecule has 0 rings (SSSR count). The highest BCUT2D eigenvalue weighted by Gasteiger charge is 2.30. The van der Waals surface area contributed by atoms with E-state index in [2.05, 4.69) is 62.5 Å². The van der Waals surface area contributed by atoms with Crippen molar-refractivity contribution in [2.45, 2.75) is 283 Å². The number of esters is 1. The van der Waals surface area contributed by atoms with Crippen LogP contribution in [-0.4, -0.2) is 74.3 Å². The van der Waals surface area contributed by atoms with Gasteiger partial charge in [-0.15, -0.1) is 0 Å². The van der Waals surface area contributed by atoms with Crippen molar-refractivity contribution in [3.63, 3.8) is 0 Å². The van der Waals surface area contributed by atoms with Gasteiger partial charge in [-0.05, 0) is 83.1 Å². The van der Waals surface area contributed by atoms with E-state index in [0.717, 1.165) is 89.9 Å². The van der Waals surface area contributed by atoms with Crippen molar-refractivity contribution in [3.8, 4) is 0 Å². The number of ether oxygens (including phenoxy) is 1. The third-order valence-corrected chi connectivity index (χ3v) is 14.0. The number of amides is 1. The van der Waals surface area contributed by atoms with Crippen molar-refractivity contribution in [3.05, 3.63) is 48.6 Å². The van der Waals surface area contributed by atoms with Crippen LogP contribution in [-0.2, 0) is 27.9 Å². The Kier molecular flexibility index (Phi) is 49.0. The van der Waals surface area contributed by atoms with E-state index >= 15 is 0 Å². The van der Waals surface area contributed by atoms with Crippen LogP contribution in [0.1, 0.15) is 271 Å². The van der Waals surface area contributed by atoms with Crippen molar-refractivity contribution >= 4 is 19.7 Å². The van der Waals surface area contributed by atoms with Crippen molar-refractivity contribution in [1.29, 1.82) is 0 Å². The van der Waals surface area contributed by atoms with Gasteiger partial charge in [-0.25, -0.2) is 4.57 Å². The van der Waals surface area contributed by atoms with Gasteiger partial charge in [0.15, 0.2) is 0 Å². The fourth-order valence-corrected chi connectivity index (χ4v) is 9.13. The largest absolute Gasteiger partial charge is 0.472 e. The van der Waals surface area contributed by atoms with Crippen molar-refractivity contribution in [2.75, 3.05) is 40.9 Å². The van der Waals surface area contributed by atoms with Crippen molar-refractivity contribution in [1.82, 2.24) is 5.32 Å². The summed E-state index contributed by atoms with van der Waals surface area (Å²) in [6.07, 6.45) is 60.9. The Morgan fingerprint density at radius 3 is 1.33 bits per heavy atom. The van der Waals surface area contributed by atoms with Crippen LogP contribution in [0, 0.1) is 0 Å². The van der Waals surface area contributed by atoms with Crippen LogP contribution in [0.25, 0.3) is 0 Å². The van der Waals surface area contributed by atoms with Crippen LogP contribution in [0.4, 0.5) is 0 Å². The van der Waals surface area contributed by atoms with Gasteiger partial charge in [0.1, 0.15) is 19.3 Å². The van der Waals surface area contributed by atoms with E-state index in [-0.39, 0.29) is 31.5 Å². The Morgan fingerprint density at radius 1 is 0.500 bits per heavy atom. The first-order valence-corrected chi connectivity index (χ1v) is 31.0. The lowest BCUT2D eigenvalue weighted by Crippen LogP contribution is -2.47. The highest BCUT2D eigenvalue weighted by molar-refractivity contribution is 7.47. The molecule has 70 heavy (non-hydrogen) atoms. The Bertz CT molecular complexity index is 1340. The lowest BCUT2D eigenvalue weighted by atomic mass is 10.0. The molecule has 0 aliphatic rings. The molecule has 0 radical (unpaired) electrons. The molecule has 10 heteroatoms. The first kappa shape index (κ1) is 68.0. The summed E-state index contributed by atoms with van der Waals surface area (Å²) in [4.78, 5) is 37.6. The number of phosphoric acid groups is 1. The van der Waals surface area contributed by atoms with Crippen LogP contribution >= 0.6 is 7.82 Å². The molecule has 3 atom stereocenters. The second-order valence-electron chi connectivity index (χ2n) is 21.2. The fourth-order valence-electron chi connectivity index (χ4n) is 8.40. The highest BCUT2D eigenvalue weighted by Crippen LogP contribution is 2.43. The number of hydrogen-bond donors (Lipinski definition) is 2. The second kappa shape index (κ2) is 50.5. The van der Waals surface area contributed by atoms with E-state index < -0.39 is 20.0 Å². The van der Waals surface area contributed by atoms with Gasteiger partial charge in [-0.2, -0.15) is 0 Å². The number of nitrogens with one attached hydrogen (secondary N) is 1. The minimum Gasteiger partial charge on any atom is -0.456 e. The number of nitrogens with zero attached hydrogens (tertiary/aromatic N) is 1. The maximum atomic E-state index is 13.5. The fraction of sp³-hybridized carbons (Fsp3) is 0.833. The quantitative estimate of drug-likeness (QED) is 0.0156. The Labute approximate surface area is 433 Å². The van der Waals surface area contributed by atoms with Gasteiger partial charge < -0.3 is 19.4 Å². The number of rotatable bonds is 53. The summed E-state index contributed by atoms with van der Waals surface area (Å²) in [5, 5.41) is 3.05. The van der Waals surface area contributed by atoms with E-state index in [1.165, 1.54) is 148 Å². The standard InChI is InChI=1S/C60H113N2O7P/c1-7-10-13-16-19-22-25-28-30-31-33-34-37-40-43-46-49-52-59(63)61-57(56-68-70(65,66)67-55-54-62(4,5)6)58(51-48-45-42-39-36-27-24-21-18-15-12-9-3)69-60(64)53-50-47-44-41-38-35-32-29-26-23-20-17-14-11-8-2/h20,23,26,28-30,48,51,57-58H,7-19,21-22,24-25,27,31-47,49-50,52-56H2,1-6H3,(H-,61,63,65,66)/p+1/b23-20+,29-26+,30-28+,51-48+. The Hall–Kier alpha value is -2.03. The first-order chi connectivity index (χ1) is 33.9. The summed E-state index contributed by atoms with van der Waals surface area (Å²) in [5.41, 5.74) is 0. The Morgan fingerprint density at radius 2 is 0.871 bits per heavy atom. The van der Waals surface area contributed by atoms with Gasteiger partial charge in [-0.1, -0.05) is 224 Å². The van der Waals surface area contributed by atoms with E-state index in [0.29, 0.717) is 17.4 Å². The number of hydrogen-bond acceptors (Lipinski definition) is 6. The van der Waals surface area contributed by atoms with Gasteiger partial charge in [0.05, 0.1) is 33.8 Å². The minimum atomic E-state index is -4.45. The number of allylic oxidation sites excluding steroid dienone is 7. The van der Waals surface area contributed by atoms with Gasteiger partial charge >= 0.3 is 13.8 Å². The van der Waals surface area contributed by atoms with Gasteiger partial charge in [0, 0.05) is 12.8 Å². The number of quaternary nitrogens is 1. The summed E-state index contributed by atoms with van der Waals surface area (Å²) >= 11 is 0. The SMILES string of the molecule is CCCCC/C=C/C=C/CCCCCCCCC(=O)OC(/C=C/CCCCCCCCCCCC)C(COP(=O)(O)OCC[N+](C)(C)C)NC(=O)CCCCCCCCC/C=C/CCCCCCCC. The molecule has 0 aromatic heterocycles. The summed E-state index contributed by atoms with van der Waals surface area (Å²) in [7, 11) is 1.49. The maximum absolute atomic E-state index is 13.5. The average molecular weight is 1010 g/mol. The average Bonchev–Trinajstić information content (AvgIpc) is 3.32. The molecule has 410 valence electrons. The normalized spacial score (nSPS) is 14.1. The molecule has 0 aliphatic carbocycles. The first-order valence-electron chi connectivity index (χ1n) is 29.5. The summed E-state index contributed by atoms with van der Waals surface area (Å²) < 4.78 is 30.6. The number of unbranched alkanes of at least 4 members (excludes halogenated alkanes) is 32. The molecule has 0 spiro atoms. The predicted molar refractivity (Wildman–Crippen MR) is 300 cm³/mol. The number of carbonyl (C=O) groups is 2.